The quantitative estimate of drug-likeness (QED) is 0.296. The van der Waals surface area contributed by atoms with Crippen LogP contribution in [0.25, 0.3) is 33.4 Å². The topological polar surface area (TPSA) is 60.5 Å². The molecule has 0 saturated carbocycles. The lowest BCUT2D eigenvalue weighted by molar-refractivity contribution is -0.0286. The molecule has 2 fully saturated rings. The number of hydrogen-bond acceptors (Lipinski definition) is 5. The largest absolute Gasteiger partial charge is 0.377 e. The van der Waals surface area contributed by atoms with Gasteiger partial charge >= 0.3 is 0 Å². The Morgan fingerprint density at radius 3 is 2.29 bits per heavy atom. The molecule has 0 radical (unpaired) electrons. The van der Waals surface area contributed by atoms with Crippen molar-refractivity contribution in [2.75, 3.05) is 51.3 Å². The van der Waals surface area contributed by atoms with E-state index < -0.39 is 0 Å². The maximum atomic E-state index is 13.8. The van der Waals surface area contributed by atoms with Crippen molar-refractivity contribution in [1.82, 2.24) is 23.8 Å². The Kier molecular flexibility index (Phi) is 6.60. The minimum atomic E-state index is -0.0569. The van der Waals surface area contributed by atoms with Crippen molar-refractivity contribution in [2.24, 2.45) is 7.05 Å². The van der Waals surface area contributed by atoms with Gasteiger partial charge in [-0.1, -0.05) is 36.4 Å². The summed E-state index contributed by atoms with van der Waals surface area (Å²) in [6.07, 6.45) is 5.86. The van der Waals surface area contributed by atoms with Gasteiger partial charge in [-0.15, -0.1) is 0 Å². The molecule has 7 rings (SSSR count). The van der Waals surface area contributed by atoms with Gasteiger partial charge in [-0.3, -0.25) is 9.48 Å². The molecular weight excluding hydrogens is 524 g/mol. The number of pyridine rings is 1. The highest BCUT2D eigenvalue weighted by molar-refractivity contribution is 5.99. The second-order valence-electron chi connectivity index (χ2n) is 11.6. The number of benzene rings is 2. The smallest absolute Gasteiger partial charge is 0.275 e. The Hall–Kier alpha value is -4.40. The molecule has 0 atom stereocenters. The molecule has 0 bridgehead atoms. The predicted molar refractivity (Wildman–Crippen MR) is 169 cm³/mol. The number of anilines is 1. The fourth-order valence-corrected chi connectivity index (χ4v) is 5.97. The Morgan fingerprint density at radius 2 is 1.62 bits per heavy atom. The summed E-state index contributed by atoms with van der Waals surface area (Å²) >= 11 is 0. The van der Waals surface area contributed by atoms with E-state index in [-0.39, 0.29) is 11.6 Å². The predicted octanol–water partition coefficient (Wildman–Crippen LogP) is 4.89. The van der Waals surface area contributed by atoms with Gasteiger partial charge in [0.25, 0.3) is 5.56 Å². The Balaban J connectivity index is 1.35. The summed E-state index contributed by atoms with van der Waals surface area (Å²) in [6, 6.07) is 19.3. The summed E-state index contributed by atoms with van der Waals surface area (Å²) < 4.78 is 11.1. The second-order valence-corrected chi connectivity index (χ2v) is 11.6. The molecule has 0 aliphatic carbocycles. The molecule has 2 aliphatic heterocycles. The van der Waals surface area contributed by atoms with Crippen molar-refractivity contribution in [1.29, 1.82) is 0 Å². The lowest BCUT2D eigenvalue weighted by Crippen LogP contribution is -2.44. The van der Waals surface area contributed by atoms with Crippen LogP contribution in [0.5, 0.6) is 0 Å². The first-order chi connectivity index (χ1) is 20.4. The summed E-state index contributed by atoms with van der Waals surface area (Å²) in [5, 5.41) is 5.52. The first-order valence-electron chi connectivity index (χ1n) is 14.5. The molecule has 0 unspecified atom stereocenters. The van der Waals surface area contributed by atoms with Crippen molar-refractivity contribution >= 4 is 22.2 Å². The normalized spacial score (nSPS) is 16.2. The maximum absolute atomic E-state index is 13.8. The first kappa shape index (κ1) is 26.5. The number of likely N-dealkylation sites (N-methyl/N-ethyl adjacent to an activating group) is 1. The monoisotopic (exact) mass is 560 g/mol. The number of nitrogens with zero attached hydrogens (tertiary/aromatic N) is 6. The van der Waals surface area contributed by atoms with Crippen LogP contribution < -0.4 is 10.5 Å². The minimum Gasteiger partial charge on any atom is -0.377 e. The number of ether oxygens (including phenoxy) is 1. The van der Waals surface area contributed by atoms with Crippen molar-refractivity contribution in [2.45, 2.75) is 13.0 Å². The van der Waals surface area contributed by atoms with E-state index in [9.17, 15) is 4.79 Å². The number of hydrogen-bond donors (Lipinski definition) is 0. The summed E-state index contributed by atoms with van der Waals surface area (Å²) in [5.74, 6) is 0. The summed E-state index contributed by atoms with van der Waals surface area (Å²) in [5.41, 5.74) is 8.63. The number of fused-ring (bicyclic) bond motifs is 1. The minimum absolute atomic E-state index is 0.0569. The lowest BCUT2D eigenvalue weighted by Gasteiger charge is -2.34. The van der Waals surface area contributed by atoms with Crippen LogP contribution in [0, 0.1) is 6.92 Å². The van der Waals surface area contributed by atoms with Crippen LogP contribution in [-0.4, -0.2) is 70.3 Å². The van der Waals surface area contributed by atoms with Crippen LogP contribution in [-0.2, 0) is 11.8 Å². The van der Waals surface area contributed by atoms with Crippen molar-refractivity contribution in [3.63, 3.8) is 0 Å². The van der Waals surface area contributed by atoms with E-state index in [4.69, 9.17) is 4.74 Å². The van der Waals surface area contributed by atoms with Gasteiger partial charge in [0.15, 0.2) is 0 Å². The van der Waals surface area contributed by atoms with Crippen molar-refractivity contribution < 1.29 is 4.74 Å². The van der Waals surface area contributed by atoms with Crippen LogP contribution in [0.1, 0.15) is 22.7 Å². The first-order valence-corrected chi connectivity index (χ1v) is 14.5. The van der Waals surface area contributed by atoms with E-state index in [1.165, 1.54) is 5.69 Å². The zero-order chi connectivity index (χ0) is 29.0. The van der Waals surface area contributed by atoms with E-state index in [0.29, 0.717) is 18.7 Å². The van der Waals surface area contributed by atoms with Gasteiger partial charge in [-0.2, -0.15) is 5.10 Å². The fourth-order valence-electron chi connectivity index (χ4n) is 5.97. The molecule has 0 spiro atoms. The molecule has 8 nitrogen and oxygen atoms in total. The van der Waals surface area contributed by atoms with Crippen LogP contribution >= 0.6 is 0 Å². The zero-order valence-electron chi connectivity index (χ0n) is 24.5. The average molecular weight is 561 g/mol. The van der Waals surface area contributed by atoms with Crippen molar-refractivity contribution in [3.05, 3.63) is 107 Å². The van der Waals surface area contributed by atoms with Gasteiger partial charge < -0.3 is 23.7 Å². The van der Waals surface area contributed by atoms with Gasteiger partial charge in [0.05, 0.1) is 31.1 Å². The zero-order valence-corrected chi connectivity index (χ0v) is 24.5. The standard InChI is InChI=1S/C34H36N6O2/c1-23-5-9-28(10-6-23)40-32(26-18-35-39(19-26)29-21-42-22-29)17-30-31(20-37(4)34(41)33(30)40)24(2)25-7-11-27(12-8-25)38-15-13-36(3)14-16-38/h5-12,17-20,29H,2,13-16,21-22H2,1,3-4H3. The molecule has 0 N–H and O–H groups in total. The molecule has 5 aromatic rings. The van der Waals surface area contributed by atoms with Crippen LogP contribution in [0.4, 0.5) is 5.69 Å². The average Bonchev–Trinajstić information content (AvgIpc) is 3.60. The highest BCUT2D eigenvalue weighted by Gasteiger charge is 2.24. The molecule has 0 amide bonds. The molecule has 214 valence electrons. The lowest BCUT2D eigenvalue weighted by atomic mass is 9.97. The molecule has 2 saturated heterocycles. The third-order valence-corrected chi connectivity index (χ3v) is 8.73. The maximum Gasteiger partial charge on any atom is 0.275 e. The molecule has 8 heteroatoms. The molecule has 2 aliphatic rings. The molecule has 3 aromatic heterocycles. The molecule has 42 heavy (non-hydrogen) atoms. The van der Waals surface area contributed by atoms with E-state index >= 15 is 0 Å². The highest BCUT2D eigenvalue weighted by atomic mass is 16.5. The van der Waals surface area contributed by atoms with Crippen molar-refractivity contribution in [3.8, 4) is 16.9 Å². The van der Waals surface area contributed by atoms with Crippen LogP contribution in [0.3, 0.4) is 0 Å². The SMILES string of the molecule is C=C(c1ccc(N2CCN(C)CC2)cc1)c1cn(C)c(=O)c2c1cc(-c1cnn(C3COC3)c1)n2-c1ccc(C)cc1. The Morgan fingerprint density at radius 1 is 0.929 bits per heavy atom. The van der Waals surface area contributed by atoms with E-state index in [1.807, 2.05) is 24.1 Å². The van der Waals surface area contributed by atoms with Crippen LogP contribution in [0.15, 0.2) is 84.6 Å². The third-order valence-electron chi connectivity index (χ3n) is 8.73. The van der Waals surface area contributed by atoms with Crippen LogP contribution in [0.2, 0.25) is 0 Å². The number of aromatic nitrogens is 4. The highest BCUT2D eigenvalue weighted by Crippen LogP contribution is 2.36. The van der Waals surface area contributed by atoms with Gasteiger partial charge in [-0.05, 0) is 55.4 Å². The number of rotatable bonds is 6. The Bertz CT molecular complexity index is 1830. The second kappa shape index (κ2) is 10.5. The van der Waals surface area contributed by atoms with Gasteiger partial charge in [0.1, 0.15) is 5.52 Å². The number of piperazine rings is 1. The fraction of sp³-hybridized carbons (Fsp3) is 0.294. The van der Waals surface area contributed by atoms with E-state index in [2.05, 4.69) is 101 Å². The number of aryl methyl sites for hydroxylation is 2. The van der Waals surface area contributed by atoms with Gasteiger partial charge in [0.2, 0.25) is 0 Å². The van der Waals surface area contributed by atoms with E-state index in [0.717, 1.165) is 70.8 Å². The van der Waals surface area contributed by atoms with Gasteiger partial charge in [-0.25, -0.2) is 0 Å². The third kappa shape index (κ3) is 4.57. The Labute approximate surface area is 245 Å². The van der Waals surface area contributed by atoms with E-state index in [1.54, 1.807) is 4.57 Å². The summed E-state index contributed by atoms with van der Waals surface area (Å²) in [6.45, 7) is 12.1. The summed E-state index contributed by atoms with van der Waals surface area (Å²) in [7, 11) is 3.99. The molecule has 2 aromatic carbocycles. The molecular formula is C34H36N6O2. The van der Waals surface area contributed by atoms with Gasteiger partial charge in [0, 0.05) is 73.5 Å². The summed E-state index contributed by atoms with van der Waals surface area (Å²) in [4.78, 5) is 18.6. The molecule has 5 heterocycles.